The van der Waals surface area contributed by atoms with Gasteiger partial charge in [-0.05, 0) is 18.2 Å². The van der Waals surface area contributed by atoms with Crippen molar-refractivity contribution in [3.63, 3.8) is 0 Å². The summed E-state index contributed by atoms with van der Waals surface area (Å²) in [7, 11) is 0. The molecule has 0 saturated heterocycles. The lowest BCUT2D eigenvalue weighted by atomic mass is 10.2. The average molecular weight is 283 g/mol. The van der Waals surface area contributed by atoms with Crippen LogP contribution in [0.5, 0.6) is 5.75 Å². The van der Waals surface area contributed by atoms with Gasteiger partial charge in [0, 0.05) is 12.2 Å². The lowest BCUT2D eigenvalue weighted by Gasteiger charge is -2.10. The molecule has 0 radical (unpaired) electrons. The van der Waals surface area contributed by atoms with Gasteiger partial charge in [-0.3, -0.25) is 4.79 Å². The maximum absolute atomic E-state index is 11.4. The first kappa shape index (κ1) is 15.2. The monoisotopic (exact) mass is 283 g/mol. The molecule has 0 unspecified atom stereocenters. The van der Waals surface area contributed by atoms with E-state index >= 15 is 0 Å². The van der Waals surface area contributed by atoms with Crippen molar-refractivity contribution >= 4 is 23.7 Å². The third-order valence-corrected chi connectivity index (χ3v) is 2.28. The van der Waals surface area contributed by atoms with Gasteiger partial charge in [0.25, 0.3) is 0 Å². The number of carboxylic acid groups (broad SMARTS) is 2. The molecule has 0 aromatic heterocycles. The number of nitrogens with two attached hydrogens (primary N) is 1. The second kappa shape index (κ2) is 6.38. The van der Waals surface area contributed by atoms with E-state index in [0.717, 1.165) is 12.1 Å². The summed E-state index contributed by atoms with van der Waals surface area (Å²) in [5.41, 5.74) is 4.95. The number of carbonyl (C=O) groups is 3. The van der Waals surface area contributed by atoms with Crippen LogP contribution < -0.4 is 16.4 Å². The molecule has 1 aromatic rings. The highest BCUT2D eigenvalue weighted by Crippen LogP contribution is 2.21. The van der Waals surface area contributed by atoms with E-state index in [1.165, 1.54) is 6.07 Å². The second-order valence-corrected chi connectivity index (χ2v) is 3.82. The highest BCUT2D eigenvalue weighted by Gasteiger charge is 2.14. The van der Waals surface area contributed by atoms with Crippen LogP contribution >= 0.6 is 0 Å². The number of carboxylic acids is 2. The van der Waals surface area contributed by atoms with Crippen LogP contribution in [0.1, 0.15) is 10.4 Å². The van der Waals surface area contributed by atoms with E-state index in [1.807, 2.05) is 0 Å². The van der Waals surface area contributed by atoms with Crippen molar-refractivity contribution in [3.05, 3.63) is 23.8 Å². The summed E-state index contributed by atoms with van der Waals surface area (Å²) in [5, 5.41) is 31.1. The van der Waals surface area contributed by atoms with Crippen LogP contribution in [0.25, 0.3) is 0 Å². The number of amides is 2. The highest BCUT2D eigenvalue weighted by atomic mass is 16.4. The zero-order chi connectivity index (χ0) is 15.3. The number of aromatic hydroxyl groups is 1. The first-order valence-corrected chi connectivity index (χ1v) is 5.41. The summed E-state index contributed by atoms with van der Waals surface area (Å²) in [6.07, 6.45) is 0. The van der Waals surface area contributed by atoms with Crippen molar-refractivity contribution in [2.24, 2.45) is 5.73 Å². The zero-order valence-corrected chi connectivity index (χ0v) is 10.2. The normalized spacial score (nSPS) is 11.4. The summed E-state index contributed by atoms with van der Waals surface area (Å²) in [6, 6.07) is 1.48. The van der Waals surface area contributed by atoms with Crippen LogP contribution in [0.15, 0.2) is 18.2 Å². The number of aliphatic carboxylic acids is 1. The van der Waals surface area contributed by atoms with Gasteiger partial charge in [-0.15, -0.1) is 0 Å². The Balaban J connectivity index is 2.65. The molecule has 7 N–H and O–H groups in total. The molecule has 0 spiro atoms. The van der Waals surface area contributed by atoms with E-state index in [0.29, 0.717) is 0 Å². The molecule has 108 valence electrons. The number of urea groups is 1. The Bertz CT molecular complexity index is 545. The Morgan fingerprint density at radius 3 is 2.45 bits per heavy atom. The van der Waals surface area contributed by atoms with Gasteiger partial charge in [-0.25, -0.2) is 9.59 Å². The first-order valence-electron chi connectivity index (χ1n) is 5.41. The largest absolute Gasteiger partial charge is 0.507 e. The van der Waals surface area contributed by atoms with Crippen LogP contribution in [0.3, 0.4) is 0 Å². The van der Waals surface area contributed by atoms with E-state index in [-0.39, 0.29) is 17.8 Å². The number of hydrogen-bond donors (Lipinski definition) is 6. The molecule has 20 heavy (non-hydrogen) atoms. The summed E-state index contributed by atoms with van der Waals surface area (Å²) in [5.74, 6) is -3.04. The molecule has 9 heteroatoms. The van der Waals surface area contributed by atoms with Gasteiger partial charge in [0.05, 0.1) is 0 Å². The van der Waals surface area contributed by atoms with Crippen LogP contribution in [0, 0.1) is 0 Å². The number of nitrogens with one attached hydrogen (secondary N) is 2. The number of rotatable bonds is 5. The number of carbonyl (C=O) groups excluding carboxylic acids is 1. The minimum absolute atomic E-state index is 0.126. The SMILES string of the molecule is N[C@@H](CNC(=O)Nc1ccc(O)c(C(=O)O)c1)C(=O)O. The van der Waals surface area contributed by atoms with E-state index in [1.54, 1.807) is 0 Å². The number of phenols is 1. The van der Waals surface area contributed by atoms with Crippen molar-refractivity contribution in [1.29, 1.82) is 0 Å². The molecular weight excluding hydrogens is 270 g/mol. The van der Waals surface area contributed by atoms with Crippen molar-refractivity contribution in [2.45, 2.75) is 6.04 Å². The number of anilines is 1. The summed E-state index contributed by atoms with van der Waals surface area (Å²) < 4.78 is 0. The Morgan fingerprint density at radius 1 is 1.25 bits per heavy atom. The molecule has 0 fully saturated rings. The first-order chi connectivity index (χ1) is 9.31. The lowest BCUT2D eigenvalue weighted by molar-refractivity contribution is -0.138. The molecule has 1 aromatic carbocycles. The van der Waals surface area contributed by atoms with Gasteiger partial charge >= 0.3 is 18.0 Å². The lowest BCUT2D eigenvalue weighted by Crippen LogP contribution is -2.43. The average Bonchev–Trinajstić information content (AvgIpc) is 2.37. The van der Waals surface area contributed by atoms with Gasteiger partial charge in [0.2, 0.25) is 0 Å². The fourth-order valence-corrected chi connectivity index (χ4v) is 1.25. The summed E-state index contributed by atoms with van der Waals surface area (Å²) in [4.78, 5) is 32.6. The molecule has 1 atom stereocenters. The van der Waals surface area contributed by atoms with Crippen molar-refractivity contribution in [3.8, 4) is 5.75 Å². The van der Waals surface area contributed by atoms with Crippen molar-refractivity contribution in [1.82, 2.24) is 5.32 Å². The number of hydrogen-bond acceptors (Lipinski definition) is 5. The molecule has 0 aliphatic rings. The molecule has 0 saturated carbocycles. The van der Waals surface area contributed by atoms with Crippen LogP contribution in [0.4, 0.5) is 10.5 Å². The molecule has 0 aliphatic carbocycles. The molecule has 0 heterocycles. The Kier molecular flexibility index (Phi) is 4.87. The fraction of sp³-hybridized carbons (Fsp3) is 0.182. The second-order valence-electron chi connectivity index (χ2n) is 3.82. The minimum atomic E-state index is -1.35. The predicted octanol–water partition coefficient (Wildman–Crippen LogP) is -0.376. The van der Waals surface area contributed by atoms with E-state index in [9.17, 15) is 19.5 Å². The van der Waals surface area contributed by atoms with Crippen molar-refractivity contribution < 1.29 is 29.7 Å². The van der Waals surface area contributed by atoms with Gasteiger partial charge in [-0.1, -0.05) is 0 Å². The maximum Gasteiger partial charge on any atom is 0.339 e. The third-order valence-electron chi connectivity index (χ3n) is 2.28. The molecule has 2 amide bonds. The molecule has 1 rings (SSSR count). The summed E-state index contributed by atoms with van der Waals surface area (Å²) >= 11 is 0. The number of aromatic carboxylic acids is 1. The van der Waals surface area contributed by atoms with E-state index in [2.05, 4.69) is 10.6 Å². The highest BCUT2D eigenvalue weighted by molar-refractivity contribution is 5.95. The van der Waals surface area contributed by atoms with Gasteiger partial charge in [-0.2, -0.15) is 0 Å². The van der Waals surface area contributed by atoms with Crippen LogP contribution in [-0.4, -0.2) is 45.9 Å². The maximum atomic E-state index is 11.4. The van der Waals surface area contributed by atoms with Gasteiger partial charge in [0.1, 0.15) is 17.4 Å². The summed E-state index contributed by atoms with van der Waals surface area (Å²) in [6.45, 7) is -0.287. The van der Waals surface area contributed by atoms with E-state index < -0.39 is 29.8 Å². The molecule has 0 bridgehead atoms. The van der Waals surface area contributed by atoms with Crippen LogP contribution in [-0.2, 0) is 4.79 Å². The molecule has 9 nitrogen and oxygen atoms in total. The van der Waals surface area contributed by atoms with Crippen molar-refractivity contribution in [2.75, 3.05) is 11.9 Å². The topological polar surface area (TPSA) is 162 Å². The fourth-order valence-electron chi connectivity index (χ4n) is 1.25. The molecule has 0 aliphatic heterocycles. The zero-order valence-electron chi connectivity index (χ0n) is 10.2. The standard InChI is InChI=1S/C11H13N3O6/c12-7(10(18)19)4-13-11(20)14-5-1-2-8(15)6(3-5)9(16)17/h1-3,7,15H,4,12H2,(H,16,17)(H,18,19)(H2,13,14,20)/t7-/m0/s1. The number of benzene rings is 1. The molecular formula is C11H13N3O6. The van der Waals surface area contributed by atoms with Gasteiger partial charge < -0.3 is 31.7 Å². The third kappa shape index (κ3) is 4.14. The van der Waals surface area contributed by atoms with E-state index in [4.69, 9.17) is 15.9 Å². The Morgan fingerprint density at radius 2 is 1.90 bits per heavy atom. The quantitative estimate of drug-likeness (QED) is 0.401. The Labute approximate surface area is 113 Å². The van der Waals surface area contributed by atoms with Crippen LogP contribution in [0.2, 0.25) is 0 Å². The Hall–Kier alpha value is -2.81. The predicted molar refractivity (Wildman–Crippen MR) is 67.7 cm³/mol. The van der Waals surface area contributed by atoms with Gasteiger partial charge in [0.15, 0.2) is 0 Å². The smallest absolute Gasteiger partial charge is 0.339 e. The minimum Gasteiger partial charge on any atom is -0.507 e.